The average molecular weight is 479 g/mol. The molecular formula is C27H27ClN2O4. The first-order chi connectivity index (χ1) is 16.6. The Bertz CT molecular complexity index is 1220. The van der Waals surface area contributed by atoms with Crippen molar-refractivity contribution in [3.05, 3.63) is 70.7 Å². The number of amides is 2. The Morgan fingerprint density at radius 2 is 1.76 bits per heavy atom. The number of ether oxygens (including phenoxy) is 2. The van der Waals surface area contributed by atoms with Crippen LogP contribution in [0.4, 0.5) is 0 Å². The Morgan fingerprint density at radius 3 is 2.62 bits per heavy atom. The van der Waals surface area contributed by atoms with Crippen LogP contribution in [0.1, 0.15) is 35.2 Å². The summed E-state index contributed by atoms with van der Waals surface area (Å²) in [5, 5.41) is 5.53. The van der Waals surface area contributed by atoms with E-state index in [9.17, 15) is 9.59 Å². The number of rotatable bonds is 4. The van der Waals surface area contributed by atoms with Gasteiger partial charge in [0.15, 0.2) is 11.5 Å². The highest BCUT2D eigenvalue weighted by atomic mass is 35.5. The Morgan fingerprint density at radius 1 is 1.00 bits per heavy atom. The Labute approximate surface area is 203 Å². The van der Waals surface area contributed by atoms with Gasteiger partial charge in [-0.3, -0.25) is 9.59 Å². The summed E-state index contributed by atoms with van der Waals surface area (Å²) in [4.78, 5) is 27.8. The Kier molecular flexibility index (Phi) is 6.59. The lowest BCUT2D eigenvalue weighted by atomic mass is 9.94. The molecule has 0 unspecified atom stereocenters. The zero-order chi connectivity index (χ0) is 23.5. The van der Waals surface area contributed by atoms with Crippen LogP contribution in [0.15, 0.2) is 54.6 Å². The van der Waals surface area contributed by atoms with Gasteiger partial charge in [0.2, 0.25) is 5.91 Å². The molecular weight excluding hydrogens is 452 g/mol. The van der Waals surface area contributed by atoms with Crippen LogP contribution in [-0.2, 0) is 11.3 Å². The number of nitrogens with one attached hydrogen (secondary N) is 1. The van der Waals surface area contributed by atoms with Gasteiger partial charge in [-0.25, -0.2) is 0 Å². The number of likely N-dealkylation sites (tertiary alicyclic amines) is 1. The number of carbonyl (C=O) groups is 2. The zero-order valence-electron chi connectivity index (χ0n) is 18.9. The van der Waals surface area contributed by atoms with Crippen LogP contribution in [0.5, 0.6) is 11.5 Å². The molecule has 2 heterocycles. The Hall–Kier alpha value is -3.25. The summed E-state index contributed by atoms with van der Waals surface area (Å²) in [7, 11) is 0. The fourth-order valence-electron chi connectivity index (χ4n) is 4.65. The van der Waals surface area contributed by atoms with Crippen molar-refractivity contribution in [1.29, 1.82) is 0 Å². The molecule has 0 atom stereocenters. The number of carbonyl (C=O) groups excluding carboxylic acids is 2. The number of halogens is 1. The van der Waals surface area contributed by atoms with Crippen LogP contribution < -0.4 is 14.8 Å². The number of benzene rings is 3. The van der Waals surface area contributed by atoms with Gasteiger partial charge in [-0.2, -0.15) is 0 Å². The van der Waals surface area contributed by atoms with Crippen molar-refractivity contribution in [3.63, 3.8) is 0 Å². The van der Waals surface area contributed by atoms with E-state index in [0.717, 1.165) is 22.8 Å². The summed E-state index contributed by atoms with van der Waals surface area (Å²) in [6.07, 6.45) is 2.09. The second-order valence-corrected chi connectivity index (χ2v) is 9.17. The lowest BCUT2D eigenvalue weighted by Crippen LogP contribution is -2.43. The molecule has 176 valence electrons. The Balaban J connectivity index is 1.18. The van der Waals surface area contributed by atoms with E-state index < -0.39 is 0 Å². The number of piperidine rings is 1. The smallest absolute Gasteiger partial charge is 0.254 e. The van der Waals surface area contributed by atoms with E-state index in [0.29, 0.717) is 67.8 Å². The molecule has 2 amide bonds. The lowest BCUT2D eigenvalue weighted by Gasteiger charge is -2.31. The summed E-state index contributed by atoms with van der Waals surface area (Å²) in [5.41, 5.74) is 1.58. The second-order valence-electron chi connectivity index (χ2n) is 8.77. The van der Waals surface area contributed by atoms with Crippen molar-refractivity contribution >= 4 is 34.2 Å². The van der Waals surface area contributed by atoms with E-state index in [2.05, 4.69) is 5.32 Å². The van der Waals surface area contributed by atoms with Gasteiger partial charge in [-0.1, -0.05) is 48.0 Å². The fourth-order valence-corrected chi connectivity index (χ4v) is 4.93. The second kappa shape index (κ2) is 9.94. The van der Waals surface area contributed by atoms with E-state index >= 15 is 0 Å². The van der Waals surface area contributed by atoms with E-state index in [1.165, 1.54) is 0 Å². The van der Waals surface area contributed by atoms with E-state index in [-0.39, 0.29) is 17.7 Å². The maximum absolute atomic E-state index is 13.2. The molecule has 5 rings (SSSR count). The zero-order valence-corrected chi connectivity index (χ0v) is 19.6. The summed E-state index contributed by atoms with van der Waals surface area (Å²) in [5.74, 6) is 1.09. The molecule has 2 aliphatic heterocycles. The van der Waals surface area contributed by atoms with Crippen LogP contribution in [0.3, 0.4) is 0 Å². The maximum Gasteiger partial charge on any atom is 0.254 e. The molecule has 1 fully saturated rings. The van der Waals surface area contributed by atoms with Crippen molar-refractivity contribution in [2.24, 2.45) is 5.92 Å². The maximum atomic E-state index is 13.2. The molecule has 1 N–H and O–H groups in total. The van der Waals surface area contributed by atoms with Crippen molar-refractivity contribution < 1.29 is 19.1 Å². The van der Waals surface area contributed by atoms with Crippen LogP contribution in [-0.4, -0.2) is 43.0 Å². The monoisotopic (exact) mass is 478 g/mol. The molecule has 0 radical (unpaired) electrons. The summed E-state index contributed by atoms with van der Waals surface area (Å²) < 4.78 is 11.4. The first-order valence-electron chi connectivity index (χ1n) is 11.7. The van der Waals surface area contributed by atoms with Gasteiger partial charge in [0.05, 0.1) is 18.2 Å². The van der Waals surface area contributed by atoms with E-state index in [4.69, 9.17) is 21.1 Å². The molecule has 34 heavy (non-hydrogen) atoms. The predicted octanol–water partition coefficient (Wildman–Crippen LogP) is 4.82. The van der Waals surface area contributed by atoms with Crippen molar-refractivity contribution in [2.75, 3.05) is 26.3 Å². The van der Waals surface area contributed by atoms with E-state index in [1.807, 2.05) is 53.4 Å². The molecule has 6 nitrogen and oxygen atoms in total. The third-order valence-corrected chi connectivity index (χ3v) is 6.78. The van der Waals surface area contributed by atoms with Crippen molar-refractivity contribution in [3.8, 4) is 11.5 Å². The minimum absolute atomic E-state index is 0.000457. The van der Waals surface area contributed by atoms with Gasteiger partial charge >= 0.3 is 0 Å². The highest BCUT2D eigenvalue weighted by Crippen LogP contribution is 2.38. The number of hydrogen-bond acceptors (Lipinski definition) is 4. The molecule has 3 aromatic rings. The SMILES string of the molecule is O=C(NCc1cc(Cl)c2c(c1)OCCCO2)C1CCN(C(=O)c2cccc3ccccc23)CC1. The molecule has 0 aliphatic carbocycles. The summed E-state index contributed by atoms with van der Waals surface area (Å²) in [6.45, 7) is 2.65. The van der Waals surface area contributed by atoms with Gasteiger partial charge in [-0.05, 0) is 47.4 Å². The fraction of sp³-hybridized carbons (Fsp3) is 0.333. The van der Waals surface area contributed by atoms with Gasteiger partial charge in [-0.15, -0.1) is 0 Å². The van der Waals surface area contributed by atoms with Gasteiger partial charge in [0, 0.05) is 37.5 Å². The van der Waals surface area contributed by atoms with Crippen LogP contribution in [0.2, 0.25) is 5.02 Å². The first-order valence-corrected chi connectivity index (χ1v) is 12.1. The van der Waals surface area contributed by atoms with Crippen LogP contribution in [0.25, 0.3) is 10.8 Å². The van der Waals surface area contributed by atoms with Gasteiger partial charge < -0.3 is 19.7 Å². The van der Waals surface area contributed by atoms with Crippen LogP contribution in [0, 0.1) is 5.92 Å². The summed E-state index contributed by atoms with van der Waals surface area (Å²) in [6, 6.07) is 17.4. The van der Waals surface area contributed by atoms with Crippen molar-refractivity contribution in [2.45, 2.75) is 25.8 Å². The molecule has 7 heteroatoms. The number of fused-ring (bicyclic) bond motifs is 2. The van der Waals surface area contributed by atoms with Gasteiger partial charge in [0.25, 0.3) is 5.91 Å². The molecule has 0 saturated carbocycles. The van der Waals surface area contributed by atoms with E-state index in [1.54, 1.807) is 6.07 Å². The predicted molar refractivity (Wildman–Crippen MR) is 131 cm³/mol. The first kappa shape index (κ1) is 22.5. The highest BCUT2D eigenvalue weighted by Gasteiger charge is 2.28. The molecule has 2 aliphatic rings. The third-order valence-electron chi connectivity index (χ3n) is 6.50. The molecule has 3 aromatic carbocycles. The van der Waals surface area contributed by atoms with Crippen LogP contribution >= 0.6 is 11.6 Å². The summed E-state index contributed by atoms with van der Waals surface area (Å²) >= 11 is 6.36. The minimum Gasteiger partial charge on any atom is -0.489 e. The van der Waals surface area contributed by atoms with Crippen molar-refractivity contribution in [1.82, 2.24) is 10.2 Å². The topological polar surface area (TPSA) is 67.9 Å². The number of hydrogen-bond donors (Lipinski definition) is 1. The quantitative estimate of drug-likeness (QED) is 0.583. The largest absolute Gasteiger partial charge is 0.489 e. The third kappa shape index (κ3) is 4.68. The molecule has 1 saturated heterocycles. The highest BCUT2D eigenvalue weighted by molar-refractivity contribution is 6.32. The minimum atomic E-state index is -0.118. The molecule has 0 aromatic heterocycles. The number of nitrogens with zero attached hydrogens (tertiary/aromatic N) is 1. The molecule has 0 spiro atoms. The average Bonchev–Trinajstić information content (AvgIpc) is 3.13. The normalized spacial score (nSPS) is 16.2. The van der Waals surface area contributed by atoms with Gasteiger partial charge in [0.1, 0.15) is 0 Å². The lowest BCUT2D eigenvalue weighted by molar-refractivity contribution is -0.126. The molecule has 0 bridgehead atoms. The standard InChI is InChI=1S/C27H27ClN2O4/c28-23-15-18(16-24-25(23)34-14-4-13-33-24)17-29-26(31)20-9-11-30(12-10-20)27(32)22-8-3-6-19-5-1-2-7-21(19)22/h1-3,5-8,15-16,20H,4,9-14,17H2,(H,29,31).